The molecule has 33 heavy (non-hydrogen) atoms. The van der Waals surface area contributed by atoms with Crippen LogP contribution in [0.15, 0.2) is 24.3 Å². The molecule has 8 nitrogen and oxygen atoms in total. The van der Waals surface area contributed by atoms with Gasteiger partial charge in [0, 0.05) is 5.56 Å². The summed E-state index contributed by atoms with van der Waals surface area (Å²) in [7, 11) is 0. The van der Waals surface area contributed by atoms with Gasteiger partial charge in [0.2, 0.25) is 0 Å². The number of carbonyl (C=O) groups is 1. The van der Waals surface area contributed by atoms with Gasteiger partial charge in [-0.2, -0.15) is 4.98 Å². The first-order valence-electron chi connectivity index (χ1n) is 11.4. The molecule has 2 saturated carbocycles. The number of anilines is 1. The minimum atomic E-state index is -0.735. The molecule has 0 aliphatic heterocycles. The minimum Gasteiger partial charge on any atom is -0.491 e. The number of hydrogen-bond acceptors (Lipinski definition) is 6. The third-order valence-corrected chi connectivity index (χ3v) is 7.01. The fraction of sp³-hybridized carbons (Fsp3) is 0.458. The molecule has 2 aliphatic rings. The predicted octanol–water partition coefficient (Wildman–Crippen LogP) is 4.92. The number of fused-ring (bicyclic) bond motifs is 1. The molecule has 9 heteroatoms. The van der Waals surface area contributed by atoms with Gasteiger partial charge in [0.1, 0.15) is 11.9 Å². The second-order valence-electron chi connectivity index (χ2n) is 9.20. The number of aliphatic carboxylic acids is 1. The van der Waals surface area contributed by atoms with Crippen molar-refractivity contribution in [2.75, 3.05) is 12.3 Å². The van der Waals surface area contributed by atoms with Crippen molar-refractivity contribution in [3.63, 3.8) is 0 Å². The quantitative estimate of drug-likeness (QED) is 0.419. The van der Waals surface area contributed by atoms with E-state index in [-0.39, 0.29) is 12.0 Å². The lowest BCUT2D eigenvalue weighted by Gasteiger charge is -2.25. The zero-order valence-electron chi connectivity index (χ0n) is 18.4. The minimum absolute atomic E-state index is 0.0675. The Morgan fingerprint density at radius 1 is 1.24 bits per heavy atom. The number of hydrogen-bond donors (Lipinski definition) is 3. The maximum absolute atomic E-state index is 11.1. The largest absolute Gasteiger partial charge is 0.491 e. The summed E-state index contributed by atoms with van der Waals surface area (Å²) in [5.41, 5.74) is 9.29. The van der Waals surface area contributed by atoms with Crippen molar-refractivity contribution in [3.8, 4) is 23.0 Å². The highest BCUT2D eigenvalue weighted by molar-refractivity contribution is 6.33. The van der Waals surface area contributed by atoms with E-state index in [9.17, 15) is 4.79 Å². The fourth-order valence-electron chi connectivity index (χ4n) is 4.39. The molecule has 0 bridgehead atoms. The van der Waals surface area contributed by atoms with Crippen LogP contribution in [-0.4, -0.2) is 38.7 Å². The highest BCUT2D eigenvalue weighted by atomic mass is 35.5. The number of nitrogens with one attached hydrogen (secondary N) is 1. The first-order valence-corrected chi connectivity index (χ1v) is 11.7. The van der Waals surface area contributed by atoms with Gasteiger partial charge in [0.25, 0.3) is 6.01 Å². The van der Waals surface area contributed by atoms with E-state index in [1.54, 1.807) is 6.07 Å². The van der Waals surface area contributed by atoms with E-state index in [1.165, 1.54) is 6.42 Å². The number of imidazole rings is 1. The van der Waals surface area contributed by atoms with Crippen LogP contribution in [0.5, 0.6) is 11.8 Å². The number of rotatable bonds is 7. The van der Waals surface area contributed by atoms with Crippen molar-refractivity contribution < 1.29 is 19.4 Å². The average Bonchev–Trinajstić information content (AvgIpc) is 3.35. The molecule has 2 aliphatic carbocycles. The first kappa shape index (κ1) is 21.8. The van der Waals surface area contributed by atoms with Crippen LogP contribution in [-0.2, 0) is 4.79 Å². The zero-order chi connectivity index (χ0) is 23.1. The lowest BCUT2D eigenvalue weighted by atomic mass is 9.87. The third kappa shape index (κ3) is 4.71. The van der Waals surface area contributed by atoms with Gasteiger partial charge in [0.05, 0.1) is 34.4 Å². The highest BCUT2D eigenvalue weighted by Gasteiger charge is 2.33. The van der Waals surface area contributed by atoms with Gasteiger partial charge in [-0.25, -0.2) is 4.98 Å². The van der Waals surface area contributed by atoms with Crippen LogP contribution >= 0.6 is 11.6 Å². The molecule has 4 N–H and O–H groups in total. The molecule has 0 spiro atoms. The summed E-state index contributed by atoms with van der Waals surface area (Å²) in [6, 6.07) is 7.70. The molecule has 2 heterocycles. The van der Waals surface area contributed by atoms with Gasteiger partial charge in [0.15, 0.2) is 5.65 Å². The Hall–Kier alpha value is -3.00. The Kier molecular flexibility index (Phi) is 5.78. The van der Waals surface area contributed by atoms with Crippen molar-refractivity contribution in [1.29, 1.82) is 0 Å². The van der Waals surface area contributed by atoms with Crippen LogP contribution in [0, 0.1) is 17.8 Å². The molecule has 1 aromatic carbocycles. The summed E-state index contributed by atoms with van der Waals surface area (Å²) in [6.45, 7) is 2.91. The van der Waals surface area contributed by atoms with Crippen LogP contribution in [0.25, 0.3) is 22.4 Å². The fourth-order valence-corrected chi connectivity index (χ4v) is 4.66. The summed E-state index contributed by atoms with van der Waals surface area (Å²) in [5, 5.41) is 9.63. The number of aromatic amines is 1. The predicted molar refractivity (Wildman–Crippen MR) is 126 cm³/mol. The van der Waals surface area contributed by atoms with E-state index in [4.69, 9.17) is 31.9 Å². The van der Waals surface area contributed by atoms with Crippen molar-refractivity contribution in [1.82, 2.24) is 15.0 Å². The lowest BCUT2D eigenvalue weighted by molar-refractivity contribution is -0.143. The number of carboxylic acid groups (broad SMARTS) is 1. The highest BCUT2D eigenvalue weighted by Crippen LogP contribution is 2.39. The van der Waals surface area contributed by atoms with Gasteiger partial charge in [-0.1, -0.05) is 18.5 Å². The molecule has 2 fully saturated rings. The number of aromatic nitrogens is 3. The number of nitrogens with zero attached hydrogens (tertiary/aromatic N) is 2. The van der Waals surface area contributed by atoms with Crippen molar-refractivity contribution in [2.24, 2.45) is 17.8 Å². The molecule has 3 aromatic rings. The van der Waals surface area contributed by atoms with E-state index in [1.807, 2.05) is 18.2 Å². The maximum atomic E-state index is 11.1. The second kappa shape index (κ2) is 8.74. The zero-order valence-corrected chi connectivity index (χ0v) is 19.1. The Bertz CT molecular complexity index is 1190. The number of nitrogen functional groups attached to an aromatic ring is 1. The van der Waals surface area contributed by atoms with E-state index >= 15 is 0 Å². The summed E-state index contributed by atoms with van der Waals surface area (Å²) in [4.78, 5) is 23.4. The summed E-state index contributed by atoms with van der Waals surface area (Å²) < 4.78 is 11.8. The van der Waals surface area contributed by atoms with E-state index in [2.05, 4.69) is 21.9 Å². The number of H-pyrrole nitrogens is 1. The van der Waals surface area contributed by atoms with Crippen molar-refractivity contribution in [2.45, 2.75) is 45.1 Å². The molecular formula is C24H27ClN4O4. The van der Waals surface area contributed by atoms with Crippen LogP contribution in [0.2, 0.25) is 5.02 Å². The first-order chi connectivity index (χ1) is 15.9. The van der Waals surface area contributed by atoms with Gasteiger partial charge < -0.3 is 25.3 Å². The number of halogens is 1. The topological polar surface area (TPSA) is 123 Å². The summed E-state index contributed by atoms with van der Waals surface area (Å²) in [5.74, 6) is 0.989. The number of benzene rings is 1. The lowest BCUT2D eigenvalue weighted by Crippen LogP contribution is -2.28. The van der Waals surface area contributed by atoms with Crippen LogP contribution < -0.4 is 15.2 Å². The van der Waals surface area contributed by atoms with E-state index in [0.29, 0.717) is 77.5 Å². The van der Waals surface area contributed by atoms with Crippen LogP contribution in [0.4, 0.5) is 5.69 Å². The van der Waals surface area contributed by atoms with Crippen molar-refractivity contribution in [3.05, 3.63) is 29.3 Å². The van der Waals surface area contributed by atoms with Crippen molar-refractivity contribution >= 4 is 34.4 Å². The molecule has 2 unspecified atom stereocenters. The molecule has 174 valence electrons. The molecule has 0 saturated heterocycles. The Labute approximate surface area is 196 Å². The molecule has 5 rings (SSSR count). The SMILES string of the molecule is CC1CC1COc1ccc(-c2nc3nc(O[C@H]4CC[C@H](C(=O)O)CC4)[nH]c3cc2Cl)cc1N. The third-order valence-electron chi connectivity index (χ3n) is 6.72. The molecule has 2 atom stereocenters. The standard InChI is InChI=1S/C24H27ClN4O4/c1-12-8-15(12)11-32-20-7-4-14(9-18(20)26)21-17(25)10-19-22(28-21)29-24(27-19)33-16-5-2-13(3-6-16)23(30)31/h4,7,9-10,12-13,15-16H,2-3,5-6,8,11,26H2,1H3,(H,30,31)(H,27,28,29)/t12?,13-,15?,16-. The second-order valence-corrected chi connectivity index (χ2v) is 9.61. The summed E-state index contributed by atoms with van der Waals surface area (Å²) in [6.07, 6.45) is 3.71. The van der Waals surface area contributed by atoms with E-state index < -0.39 is 5.97 Å². The van der Waals surface area contributed by atoms with E-state index in [0.717, 1.165) is 11.5 Å². The maximum Gasteiger partial charge on any atom is 0.306 e. The van der Waals surface area contributed by atoms with Gasteiger partial charge in [-0.15, -0.1) is 0 Å². The number of carboxylic acids is 1. The average molecular weight is 471 g/mol. The molecule has 0 radical (unpaired) electrons. The number of pyridine rings is 1. The Morgan fingerprint density at radius 3 is 2.67 bits per heavy atom. The monoisotopic (exact) mass is 470 g/mol. The van der Waals surface area contributed by atoms with Gasteiger partial charge in [-0.3, -0.25) is 4.79 Å². The normalized spacial score (nSPS) is 24.5. The smallest absolute Gasteiger partial charge is 0.306 e. The summed E-state index contributed by atoms with van der Waals surface area (Å²) >= 11 is 6.52. The number of ether oxygens (including phenoxy) is 2. The van der Waals surface area contributed by atoms with Gasteiger partial charge >= 0.3 is 5.97 Å². The van der Waals surface area contributed by atoms with Crippen LogP contribution in [0.1, 0.15) is 39.0 Å². The Morgan fingerprint density at radius 2 is 2.00 bits per heavy atom. The number of nitrogens with two attached hydrogens (primary N) is 1. The molecule has 2 aromatic heterocycles. The Balaban J connectivity index is 1.31. The molecular weight excluding hydrogens is 444 g/mol. The molecule has 0 amide bonds. The van der Waals surface area contributed by atoms with Gasteiger partial charge in [-0.05, 0) is 68.2 Å². The van der Waals surface area contributed by atoms with Crippen LogP contribution in [0.3, 0.4) is 0 Å².